The van der Waals surface area contributed by atoms with Crippen LogP contribution in [0.25, 0.3) is 6.08 Å². The Morgan fingerprint density at radius 3 is 2.68 bits per heavy atom. The summed E-state index contributed by atoms with van der Waals surface area (Å²) >= 11 is 0. The minimum atomic E-state index is -4.28. The molecule has 19 heavy (non-hydrogen) atoms. The number of carbonyl (C=O) groups is 1. The molecular weight excluding hydrogens is 261 g/mol. The van der Waals surface area contributed by atoms with Crippen molar-refractivity contribution in [2.45, 2.75) is 19.5 Å². The minimum absolute atomic E-state index is 0.229. The molecule has 0 aliphatic rings. The third-order valence-corrected chi connectivity index (χ3v) is 2.21. The second kappa shape index (κ2) is 6.26. The highest BCUT2D eigenvalue weighted by atomic mass is 19.4. The van der Waals surface area contributed by atoms with Crippen molar-refractivity contribution in [1.82, 2.24) is 0 Å². The normalized spacial score (nSPS) is 11.8. The maximum Gasteiger partial charge on any atom is 0.392 e. The lowest BCUT2D eigenvalue weighted by Gasteiger charge is -2.11. The minimum Gasteiger partial charge on any atom is -0.493 e. The highest BCUT2D eigenvalue weighted by Crippen LogP contribution is 2.24. The Morgan fingerprint density at radius 1 is 1.42 bits per heavy atom. The third kappa shape index (κ3) is 5.94. The summed E-state index contributed by atoms with van der Waals surface area (Å²) in [4.78, 5) is 10.4. The van der Waals surface area contributed by atoms with Crippen molar-refractivity contribution in [3.8, 4) is 5.75 Å². The monoisotopic (exact) mass is 274 g/mol. The lowest BCUT2D eigenvalue weighted by molar-refractivity contribution is -0.139. The molecule has 1 aromatic rings. The topological polar surface area (TPSA) is 46.5 Å². The number of ether oxygens (including phenoxy) is 1. The van der Waals surface area contributed by atoms with E-state index in [2.05, 4.69) is 0 Å². The largest absolute Gasteiger partial charge is 0.493 e. The van der Waals surface area contributed by atoms with Gasteiger partial charge in [0.1, 0.15) is 5.75 Å². The van der Waals surface area contributed by atoms with Gasteiger partial charge in [0, 0.05) is 11.6 Å². The number of halogens is 3. The fraction of sp³-hybridized carbons (Fsp3) is 0.308. The molecule has 1 N–H and O–H groups in total. The molecule has 0 saturated heterocycles. The first-order valence-corrected chi connectivity index (χ1v) is 5.49. The highest BCUT2D eigenvalue weighted by Gasteiger charge is 2.26. The second-order valence-electron chi connectivity index (χ2n) is 3.93. The molecule has 0 bridgehead atoms. The number of benzene rings is 1. The van der Waals surface area contributed by atoms with Gasteiger partial charge in [-0.1, -0.05) is 11.6 Å². The Balaban J connectivity index is 2.79. The summed E-state index contributed by atoms with van der Waals surface area (Å²) < 4.78 is 41.1. The SMILES string of the molecule is Cc1ccc(OCCC(F)(F)F)c(C=CC(=O)O)c1. The zero-order valence-electron chi connectivity index (χ0n) is 10.2. The van der Waals surface area contributed by atoms with Gasteiger partial charge in [-0.2, -0.15) is 13.2 Å². The smallest absolute Gasteiger partial charge is 0.392 e. The van der Waals surface area contributed by atoms with E-state index in [-0.39, 0.29) is 5.75 Å². The third-order valence-electron chi connectivity index (χ3n) is 2.21. The van der Waals surface area contributed by atoms with E-state index in [0.29, 0.717) is 5.56 Å². The molecule has 0 aliphatic carbocycles. The standard InChI is InChI=1S/C13H13F3O3/c1-9-2-4-11(19-7-6-13(14,15)16)10(8-9)3-5-12(17)18/h2-5,8H,6-7H2,1H3,(H,17,18). The molecule has 6 heteroatoms. The molecule has 0 aliphatic heterocycles. The van der Waals surface area contributed by atoms with Crippen molar-refractivity contribution in [2.24, 2.45) is 0 Å². The summed E-state index contributed by atoms with van der Waals surface area (Å²) in [5, 5.41) is 8.54. The predicted octanol–water partition coefficient (Wildman–Crippen LogP) is 3.42. The van der Waals surface area contributed by atoms with Gasteiger partial charge >= 0.3 is 12.1 Å². The van der Waals surface area contributed by atoms with Crippen LogP contribution in [0.3, 0.4) is 0 Å². The molecule has 0 saturated carbocycles. The van der Waals surface area contributed by atoms with E-state index in [1.165, 1.54) is 12.1 Å². The van der Waals surface area contributed by atoms with Crippen LogP contribution in [0, 0.1) is 6.92 Å². The predicted molar refractivity (Wildman–Crippen MR) is 64.0 cm³/mol. The van der Waals surface area contributed by atoms with Crippen molar-refractivity contribution in [2.75, 3.05) is 6.61 Å². The van der Waals surface area contributed by atoms with Crippen LogP contribution in [0.4, 0.5) is 13.2 Å². The fourth-order valence-corrected chi connectivity index (χ4v) is 1.37. The molecule has 1 rings (SSSR count). The van der Waals surface area contributed by atoms with Gasteiger partial charge in [-0.25, -0.2) is 4.79 Å². The number of carboxylic acids is 1. The molecule has 0 atom stereocenters. The molecule has 0 fully saturated rings. The van der Waals surface area contributed by atoms with Crippen molar-refractivity contribution in [3.63, 3.8) is 0 Å². The zero-order valence-corrected chi connectivity index (χ0v) is 10.2. The highest BCUT2D eigenvalue weighted by molar-refractivity contribution is 5.85. The number of aliphatic carboxylic acids is 1. The number of hydrogen-bond acceptors (Lipinski definition) is 2. The van der Waals surface area contributed by atoms with Gasteiger partial charge in [-0.05, 0) is 25.1 Å². The summed E-state index contributed by atoms with van der Waals surface area (Å²) in [6.07, 6.45) is -3.13. The van der Waals surface area contributed by atoms with Crippen LogP contribution in [0.15, 0.2) is 24.3 Å². The summed E-state index contributed by atoms with van der Waals surface area (Å²) in [5.41, 5.74) is 1.29. The number of aryl methyl sites for hydroxylation is 1. The number of hydrogen-bond donors (Lipinski definition) is 1. The van der Waals surface area contributed by atoms with Crippen molar-refractivity contribution in [3.05, 3.63) is 35.4 Å². The summed E-state index contributed by atoms with van der Waals surface area (Å²) in [6.45, 7) is 1.29. The van der Waals surface area contributed by atoms with E-state index >= 15 is 0 Å². The Labute approximate surface area is 108 Å². The van der Waals surface area contributed by atoms with E-state index in [1.807, 2.05) is 0 Å². The first kappa shape index (κ1) is 15.1. The summed E-state index contributed by atoms with van der Waals surface area (Å²) in [6, 6.07) is 4.84. The lowest BCUT2D eigenvalue weighted by atomic mass is 10.1. The van der Waals surface area contributed by atoms with Crippen LogP contribution in [-0.4, -0.2) is 23.9 Å². The van der Waals surface area contributed by atoms with E-state index in [4.69, 9.17) is 9.84 Å². The second-order valence-corrected chi connectivity index (χ2v) is 3.93. The number of alkyl halides is 3. The van der Waals surface area contributed by atoms with Gasteiger partial charge in [0.15, 0.2) is 0 Å². The van der Waals surface area contributed by atoms with E-state index in [0.717, 1.165) is 11.6 Å². The Kier molecular flexibility index (Phi) is 4.97. The average Bonchev–Trinajstić information content (AvgIpc) is 2.27. The molecule has 1 aromatic carbocycles. The van der Waals surface area contributed by atoms with Crippen LogP contribution in [-0.2, 0) is 4.79 Å². The van der Waals surface area contributed by atoms with Gasteiger partial charge in [0.25, 0.3) is 0 Å². The molecule has 0 heterocycles. The molecule has 0 spiro atoms. The molecule has 0 radical (unpaired) electrons. The molecule has 0 unspecified atom stereocenters. The molecule has 3 nitrogen and oxygen atoms in total. The summed E-state index contributed by atoms with van der Waals surface area (Å²) in [5.74, 6) is -0.907. The molecular formula is C13H13F3O3. The van der Waals surface area contributed by atoms with Crippen molar-refractivity contribution in [1.29, 1.82) is 0 Å². The van der Waals surface area contributed by atoms with E-state index in [1.54, 1.807) is 19.1 Å². The van der Waals surface area contributed by atoms with Crippen LogP contribution in [0.5, 0.6) is 5.75 Å². The van der Waals surface area contributed by atoms with Crippen LogP contribution < -0.4 is 4.74 Å². The van der Waals surface area contributed by atoms with E-state index < -0.39 is 25.2 Å². The quantitative estimate of drug-likeness (QED) is 0.837. The molecule has 0 amide bonds. The first-order valence-electron chi connectivity index (χ1n) is 5.49. The van der Waals surface area contributed by atoms with Gasteiger partial charge < -0.3 is 9.84 Å². The average molecular weight is 274 g/mol. The van der Waals surface area contributed by atoms with E-state index in [9.17, 15) is 18.0 Å². The van der Waals surface area contributed by atoms with Crippen LogP contribution in [0.2, 0.25) is 0 Å². The Morgan fingerprint density at radius 2 is 2.11 bits per heavy atom. The Hall–Kier alpha value is -1.98. The molecule has 104 valence electrons. The van der Waals surface area contributed by atoms with Gasteiger partial charge in [-0.3, -0.25) is 0 Å². The lowest BCUT2D eigenvalue weighted by Crippen LogP contribution is -2.13. The maximum atomic E-state index is 12.0. The van der Waals surface area contributed by atoms with Gasteiger partial charge in [-0.15, -0.1) is 0 Å². The number of rotatable bonds is 5. The molecule has 0 aromatic heterocycles. The maximum absolute atomic E-state index is 12.0. The Bertz CT molecular complexity index is 479. The van der Waals surface area contributed by atoms with Crippen molar-refractivity contribution < 1.29 is 27.8 Å². The fourth-order valence-electron chi connectivity index (χ4n) is 1.37. The van der Waals surface area contributed by atoms with Crippen LogP contribution >= 0.6 is 0 Å². The van der Waals surface area contributed by atoms with Crippen molar-refractivity contribution >= 4 is 12.0 Å². The summed E-state index contributed by atoms with van der Waals surface area (Å²) in [7, 11) is 0. The van der Waals surface area contributed by atoms with Gasteiger partial charge in [0.05, 0.1) is 13.0 Å². The van der Waals surface area contributed by atoms with Crippen LogP contribution in [0.1, 0.15) is 17.5 Å². The van der Waals surface area contributed by atoms with Gasteiger partial charge in [0.2, 0.25) is 0 Å². The number of carboxylic acid groups (broad SMARTS) is 1. The first-order chi connectivity index (χ1) is 8.78. The zero-order chi connectivity index (χ0) is 14.5.